The molecular weight excluding hydrogens is 262 g/mol. The maximum atomic E-state index is 6.11. The van der Waals surface area contributed by atoms with E-state index in [1.165, 1.54) is 18.4 Å². The van der Waals surface area contributed by atoms with Crippen molar-refractivity contribution in [2.45, 2.75) is 25.8 Å². The number of methoxy groups -OCH3 is 2. The molecule has 4 heteroatoms. The third kappa shape index (κ3) is 4.10. The molecule has 3 nitrogen and oxygen atoms in total. The molecule has 1 N–H and O–H groups in total. The van der Waals surface area contributed by atoms with Gasteiger partial charge in [0.05, 0.1) is 12.1 Å². The Bertz CT molecular complexity index is 419. The van der Waals surface area contributed by atoms with Crippen molar-refractivity contribution in [1.82, 2.24) is 5.32 Å². The van der Waals surface area contributed by atoms with Crippen molar-refractivity contribution in [1.29, 1.82) is 0 Å². The van der Waals surface area contributed by atoms with Crippen molar-refractivity contribution in [3.05, 3.63) is 28.8 Å². The van der Waals surface area contributed by atoms with E-state index >= 15 is 0 Å². The van der Waals surface area contributed by atoms with E-state index in [2.05, 4.69) is 5.32 Å². The summed E-state index contributed by atoms with van der Waals surface area (Å²) in [5.41, 5.74) is 1.67. The Morgan fingerprint density at radius 3 is 2.68 bits per heavy atom. The Kier molecular flexibility index (Phi) is 5.08. The lowest BCUT2D eigenvalue weighted by atomic mass is 10.0. The SMILES string of the molecule is COCCC1(CNCc2ccc(OC)c(Cl)c2)CC1. The van der Waals surface area contributed by atoms with E-state index in [1.807, 2.05) is 18.2 Å². The number of benzene rings is 1. The van der Waals surface area contributed by atoms with E-state index in [9.17, 15) is 0 Å². The van der Waals surface area contributed by atoms with Gasteiger partial charge in [-0.1, -0.05) is 17.7 Å². The van der Waals surface area contributed by atoms with Gasteiger partial charge in [-0.2, -0.15) is 0 Å². The molecule has 0 amide bonds. The molecule has 0 heterocycles. The summed E-state index contributed by atoms with van der Waals surface area (Å²) in [6.07, 6.45) is 3.78. The van der Waals surface area contributed by atoms with Gasteiger partial charge in [0, 0.05) is 26.8 Å². The van der Waals surface area contributed by atoms with Crippen molar-refractivity contribution < 1.29 is 9.47 Å². The molecule has 1 fully saturated rings. The minimum Gasteiger partial charge on any atom is -0.495 e. The summed E-state index contributed by atoms with van der Waals surface area (Å²) in [7, 11) is 3.40. The molecule has 0 saturated heterocycles. The second-order valence-electron chi connectivity index (χ2n) is 5.32. The van der Waals surface area contributed by atoms with Gasteiger partial charge >= 0.3 is 0 Å². The van der Waals surface area contributed by atoms with Gasteiger partial charge in [-0.05, 0) is 42.4 Å². The minimum absolute atomic E-state index is 0.478. The molecule has 0 unspecified atom stereocenters. The molecule has 1 aromatic rings. The number of halogens is 1. The zero-order chi connectivity index (χ0) is 13.7. The summed E-state index contributed by atoms with van der Waals surface area (Å²) >= 11 is 6.11. The van der Waals surface area contributed by atoms with Gasteiger partial charge in [0.25, 0.3) is 0 Å². The molecule has 0 spiro atoms. The van der Waals surface area contributed by atoms with Crippen LogP contribution in [0.5, 0.6) is 5.75 Å². The first-order valence-electron chi connectivity index (χ1n) is 6.71. The highest BCUT2D eigenvalue weighted by Gasteiger charge is 2.41. The third-order valence-electron chi connectivity index (χ3n) is 3.84. The van der Waals surface area contributed by atoms with Gasteiger partial charge in [-0.3, -0.25) is 0 Å². The van der Waals surface area contributed by atoms with Gasteiger partial charge in [0.2, 0.25) is 0 Å². The highest BCUT2D eigenvalue weighted by atomic mass is 35.5. The average Bonchev–Trinajstić information content (AvgIpc) is 3.17. The number of rotatable bonds is 8. The molecule has 0 atom stereocenters. The van der Waals surface area contributed by atoms with Gasteiger partial charge in [0.1, 0.15) is 5.75 Å². The highest BCUT2D eigenvalue weighted by Crippen LogP contribution is 2.48. The van der Waals surface area contributed by atoms with E-state index in [-0.39, 0.29) is 0 Å². The van der Waals surface area contributed by atoms with Gasteiger partial charge in [-0.25, -0.2) is 0 Å². The summed E-state index contributed by atoms with van der Waals surface area (Å²) in [5.74, 6) is 0.726. The summed E-state index contributed by atoms with van der Waals surface area (Å²) in [4.78, 5) is 0. The molecule has 0 bridgehead atoms. The van der Waals surface area contributed by atoms with Crippen LogP contribution in [0.2, 0.25) is 5.02 Å². The number of hydrogen-bond donors (Lipinski definition) is 1. The van der Waals surface area contributed by atoms with Gasteiger partial charge in [0.15, 0.2) is 0 Å². The molecule has 0 radical (unpaired) electrons. The Balaban J connectivity index is 1.78. The first-order valence-corrected chi connectivity index (χ1v) is 7.09. The predicted molar refractivity (Wildman–Crippen MR) is 77.9 cm³/mol. The lowest BCUT2D eigenvalue weighted by molar-refractivity contribution is 0.171. The van der Waals surface area contributed by atoms with E-state index < -0.39 is 0 Å². The van der Waals surface area contributed by atoms with Crippen LogP contribution in [-0.4, -0.2) is 27.4 Å². The maximum absolute atomic E-state index is 6.11. The fourth-order valence-corrected chi connectivity index (χ4v) is 2.58. The average molecular weight is 284 g/mol. The molecule has 1 aliphatic rings. The number of nitrogens with one attached hydrogen (secondary N) is 1. The minimum atomic E-state index is 0.478. The standard InChI is InChI=1S/C15H22ClNO2/c1-18-8-7-15(5-6-15)11-17-10-12-3-4-14(19-2)13(16)9-12/h3-4,9,17H,5-8,10-11H2,1-2H3. The largest absolute Gasteiger partial charge is 0.495 e. The maximum Gasteiger partial charge on any atom is 0.137 e. The molecule has 1 aromatic carbocycles. The van der Waals surface area contributed by atoms with E-state index in [4.69, 9.17) is 21.1 Å². The Morgan fingerprint density at radius 1 is 1.32 bits per heavy atom. The fraction of sp³-hybridized carbons (Fsp3) is 0.600. The van der Waals surface area contributed by atoms with Gasteiger partial charge < -0.3 is 14.8 Å². The molecule has 1 aliphatic carbocycles. The lowest BCUT2D eigenvalue weighted by Crippen LogP contribution is -2.24. The van der Waals surface area contributed by atoms with Crippen LogP contribution in [0.4, 0.5) is 0 Å². The van der Waals surface area contributed by atoms with Crippen LogP contribution in [0.3, 0.4) is 0 Å². The molecule has 2 rings (SSSR count). The lowest BCUT2D eigenvalue weighted by Gasteiger charge is -2.15. The van der Waals surface area contributed by atoms with Crippen LogP contribution in [0.15, 0.2) is 18.2 Å². The molecule has 106 valence electrons. The number of hydrogen-bond acceptors (Lipinski definition) is 3. The molecule has 1 saturated carbocycles. The third-order valence-corrected chi connectivity index (χ3v) is 4.13. The normalized spacial score (nSPS) is 16.4. The topological polar surface area (TPSA) is 30.5 Å². The van der Waals surface area contributed by atoms with Crippen molar-refractivity contribution in [2.24, 2.45) is 5.41 Å². The fourth-order valence-electron chi connectivity index (χ4n) is 2.30. The molecular formula is C15H22ClNO2. The Hall–Kier alpha value is -0.770. The Morgan fingerprint density at radius 2 is 2.11 bits per heavy atom. The summed E-state index contributed by atoms with van der Waals surface area (Å²) in [6, 6.07) is 5.92. The van der Waals surface area contributed by atoms with Crippen molar-refractivity contribution >= 4 is 11.6 Å². The highest BCUT2D eigenvalue weighted by molar-refractivity contribution is 6.32. The van der Waals surface area contributed by atoms with Crippen molar-refractivity contribution in [3.63, 3.8) is 0 Å². The zero-order valence-corrected chi connectivity index (χ0v) is 12.4. The molecule has 0 aliphatic heterocycles. The van der Waals surface area contributed by atoms with Crippen LogP contribution in [0, 0.1) is 5.41 Å². The quantitative estimate of drug-likeness (QED) is 0.794. The van der Waals surface area contributed by atoms with E-state index in [1.54, 1.807) is 14.2 Å². The first kappa shape index (κ1) is 14.6. The summed E-state index contributed by atoms with van der Waals surface area (Å²) in [5, 5.41) is 4.19. The molecule has 19 heavy (non-hydrogen) atoms. The Labute approximate surface area is 120 Å². The monoisotopic (exact) mass is 283 g/mol. The van der Waals surface area contributed by atoms with Crippen LogP contribution >= 0.6 is 11.6 Å². The van der Waals surface area contributed by atoms with E-state index in [0.29, 0.717) is 10.4 Å². The molecule has 0 aromatic heterocycles. The predicted octanol–water partition coefficient (Wildman–Crippen LogP) is 3.25. The summed E-state index contributed by atoms with van der Waals surface area (Å²) < 4.78 is 10.3. The van der Waals surface area contributed by atoms with Crippen LogP contribution < -0.4 is 10.1 Å². The second-order valence-corrected chi connectivity index (χ2v) is 5.72. The van der Waals surface area contributed by atoms with Crippen LogP contribution in [0.1, 0.15) is 24.8 Å². The summed E-state index contributed by atoms with van der Waals surface area (Å²) in [6.45, 7) is 2.76. The van der Waals surface area contributed by atoms with E-state index in [0.717, 1.165) is 31.9 Å². The zero-order valence-electron chi connectivity index (χ0n) is 11.7. The van der Waals surface area contributed by atoms with Gasteiger partial charge in [-0.15, -0.1) is 0 Å². The van der Waals surface area contributed by atoms with Crippen molar-refractivity contribution in [3.8, 4) is 5.75 Å². The van der Waals surface area contributed by atoms with Crippen LogP contribution in [-0.2, 0) is 11.3 Å². The smallest absolute Gasteiger partial charge is 0.137 e. The van der Waals surface area contributed by atoms with Crippen LogP contribution in [0.25, 0.3) is 0 Å². The second kappa shape index (κ2) is 6.60. The van der Waals surface area contributed by atoms with Crippen molar-refractivity contribution in [2.75, 3.05) is 27.4 Å². The first-order chi connectivity index (χ1) is 9.19. The number of ether oxygens (including phenoxy) is 2.